The van der Waals surface area contributed by atoms with Crippen molar-refractivity contribution in [3.63, 3.8) is 0 Å². The Morgan fingerprint density at radius 2 is 1.89 bits per heavy atom. The maximum atomic E-state index is 8.83. The molecule has 2 N–H and O–H groups in total. The summed E-state index contributed by atoms with van der Waals surface area (Å²) in [5, 5.41) is 8.83. The van der Waals surface area contributed by atoms with Crippen LogP contribution in [0.5, 0.6) is 0 Å². The van der Waals surface area contributed by atoms with Gasteiger partial charge in [0, 0.05) is 24.5 Å². The Labute approximate surface area is 112 Å². The first kappa shape index (κ1) is 11.6. The van der Waals surface area contributed by atoms with Gasteiger partial charge in [-0.2, -0.15) is 5.26 Å². The third-order valence-electron chi connectivity index (χ3n) is 3.67. The molecule has 0 aliphatic carbocycles. The second-order valence-electron chi connectivity index (χ2n) is 4.82. The van der Waals surface area contributed by atoms with Crippen molar-refractivity contribution in [3.05, 3.63) is 59.2 Å². The number of benzene rings is 2. The summed E-state index contributed by atoms with van der Waals surface area (Å²) in [6.07, 6.45) is 1.01. The molecule has 0 spiro atoms. The van der Waals surface area contributed by atoms with Gasteiger partial charge in [-0.3, -0.25) is 0 Å². The Bertz CT molecular complexity index is 638. The van der Waals surface area contributed by atoms with Gasteiger partial charge in [0.25, 0.3) is 0 Å². The van der Waals surface area contributed by atoms with Crippen molar-refractivity contribution in [2.75, 3.05) is 17.2 Å². The number of fused-ring (bicyclic) bond motifs is 1. The Hall–Kier alpha value is -2.47. The SMILES string of the molecule is N#Cc1ccc(N2CCc3cccc(N)c3C2)cc1. The third kappa shape index (κ3) is 2.13. The second kappa shape index (κ2) is 4.66. The zero-order valence-corrected chi connectivity index (χ0v) is 10.6. The van der Waals surface area contributed by atoms with E-state index in [4.69, 9.17) is 11.0 Å². The summed E-state index contributed by atoms with van der Waals surface area (Å²) < 4.78 is 0. The second-order valence-corrected chi connectivity index (χ2v) is 4.82. The van der Waals surface area contributed by atoms with E-state index in [-0.39, 0.29) is 0 Å². The standard InChI is InChI=1S/C16H15N3/c17-10-12-4-6-14(7-5-12)19-9-8-13-2-1-3-16(18)15(13)11-19/h1-7H,8-9,11,18H2. The average molecular weight is 249 g/mol. The van der Waals surface area contributed by atoms with Crippen LogP contribution in [0.4, 0.5) is 11.4 Å². The van der Waals surface area contributed by atoms with Crippen LogP contribution in [0.3, 0.4) is 0 Å². The summed E-state index contributed by atoms with van der Waals surface area (Å²) >= 11 is 0. The molecule has 0 aromatic heterocycles. The van der Waals surface area contributed by atoms with Crippen LogP contribution in [0.15, 0.2) is 42.5 Å². The predicted molar refractivity (Wildman–Crippen MR) is 76.8 cm³/mol. The van der Waals surface area contributed by atoms with Crippen LogP contribution in [-0.4, -0.2) is 6.54 Å². The molecule has 0 radical (unpaired) electrons. The Morgan fingerprint density at radius 3 is 2.63 bits per heavy atom. The number of hydrogen-bond acceptors (Lipinski definition) is 3. The molecule has 94 valence electrons. The van der Waals surface area contributed by atoms with Crippen molar-refractivity contribution in [2.45, 2.75) is 13.0 Å². The van der Waals surface area contributed by atoms with Crippen LogP contribution in [0, 0.1) is 11.3 Å². The third-order valence-corrected chi connectivity index (χ3v) is 3.67. The summed E-state index contributed by atoms with van der Waals surface area (Å²) in [5.74, 6) is 0. The molecule has 19 heavy (non-hydrogen) atoms. The molecule has 3 heteroatoms. The van der Waals surface area contributed by atoms with Gasteiger partial charge in [-0.25, -0.2) is 0 Å². The molecule has 2 aromatic carbocycles. The maximum absolute atomic E-state index is 8.83. The molecular formula is C16H15N3. The summed E-state index contributed by atoms with van der Waals surface area (Å²) in [6.45, 7) is 1.83. The minimum Gasteiger partial charge on any atom is -0.398 e. The first-order valence-corrected chi connectivity index (χ1v) is 6.39. The molecule has 0 fully saturated rings. The van der Waals surface area contributed by atoms with Gasteiger partial charge in [-0.1, -0.05) is 12.1 Å². The predicted octanol–water partition coefficient (Wildman–Crippen LogP) is 2.70. The van der Waals surface area contributed by atoms with Crippen LogP contribution >= 0.6 is 0 Å². The summed E-state index contributed by atoms with van der Waals surface area (Å²) in [7, 11) is 0. The number of nitrogens with zero attached hydrogens (tertiary/aromatic N) is 2. The monoisotopic (exact) mass is 249 g/mol. The molecule has 0 saturated carbocycles. The van der Waals surface area contributed by atoms with Crippen molar-refractivity contribution >= 4 is 11.4 Å². The summed E-state index contributed by atoms with van der Waals surface area (Å²) in [4.78, 5) is 2.31. The number of nitrogens with two attached hydrogens (primary N) is 1. The number of nitrogen functional groups attached to an aromatic ring is 1. The Balaban J connectivity index is 1.89. The first-order chi connectivity index (χ1) is 9.28. The Kier molecular flexibility index (Phi) is 2.85. The highest BCUT2D eigenvalue weighted by molar-refractivity contribution is 5.57. The van der Waals surface area contributed by atoms with Crippen molar-refractivity contribution in [3.8, 4) is 6.07 Å². The van der Waals surface area contributed by atoms with E-state index in [0.29, 0.717) is 5.56 Å². The van der Waals surface area contributed by atoms with Crippen LogP contribution in [0.25, 0.3) is 0 Å². The fourth-order valence-corrected chi connectivity index (χ4v) is 2.57. The van der Waals surface area contributed by atoms with Crippen molar-refractivity contribution in [2.24, 2.45) is 0 Å². The molecule has 2 aromatic rings. The van der Waals surface area contributed by atoms with Crippen molar-refractivity contribution in [1.29, 1.82) is 5.26 Å². The highest BCUT2D eigenvalue weighted by Gasteiger charge is 2.18. The molecule has 0 atom stereocenters. The molecule has 1 heterocycles. The van der Waals surface area contributed by atoms with E-state index >= 15 is 0 Å². The van der Waals surface area contributed by atoms with Crippen molar-refractivity contribution < 1.29 is 0 Å². The number of anilines is 2. The van der Waals surface area contributed by atoms with E-state index in [9.17, 15) is 0 Å². The van der Waals surface area contributed by atoms with E-state index < -0.39 is 0 Å². The lowest BCUT2D eigenvalue weighted by molar-refractivity contribution is 0.733. The largest absolute Gasteiger partial charge is 0.398 e. The maximum Gasteiger partial charge on any atom is 0.0991 e. The van der Waals surface area contributed by atoms with E-state index in [1.54, 1.807) is 0 Å². The van der Waals surface area contributed by atoms with Crippen LogP contribution in [0.1, 0.15) is 16.7 Å². The van der Waals surface area contributed by atoms with Crippen LogP contribution < -0.4 is 10.6 Å². The van der Waals surface area contributed by atoms with Gasteiger partial charge in [0.2, 0.25) is 0 Å². The highest BCUT2D eigenvalue weighted by Crippen LogP contribution is 2.27. The minimum atomic E-state index is 0.695. The quantitative estimate of drug-likeness (QED) is 0.791. The molecular weight excluding hydrogens is 234 g/mol. The van der Waals surface area contributed by atoms with Gasteiger partial charge < -0.3 is 10.6 Å². The number of hydrogen-bond donors (Lipinski definition) is 1. The molecule has 0 unspecified atom stereocenters. The van der Waals surface area contributed by atoms with Gasteiger partial charge in [0.1, 0.15) is 0 Å². The van der Waals surface area contributed by atoms with E-state index in [1.165, 1.54) is 11.1 Å². The van der Waals surface area contributed by atoms with Crippen LogP contribution in [0.2, 0.25) is 0 Å². The van der Waals surface area contributed by atoms with E-state index in [1.807, 2.05) is 36.4 Å². The lowest BCUT2D eigenvalue weighted by atomic mass is 9.97. The molecule has 0 amide bonds. The highest BCUT2D eigenvalue weighted by atomic mass is 15.1. The van der Waals surface area contributed by atoms with E-state index in [0.717, 1.165) is 30.9 Å². The fourth-order valence-electron chi connectivity index (χ4n) is 2.57. The van der Waals surface area contributed by atoms with Crippen LogP contribution in [-0.2, 0) is 13.0 Å². The van der Waals surface area contributed by atoms with E-state index in [2.05, 4.69) is 17.0 Å². The average Bonchev–Trinajstić information content (AvgIpc) is 2.47. The Morgan fingerprint density at radius 1 is 1.11 bits per heavy atom. The molecule has 0 saturated heterocycles. The first-order valence-electron chi connectivity index (χ1n) is 6.39. The van der Waals surface area contributed by atoms with Crippen molar-refractivity contribution in [1.82, 2.24) is 0 Å². The lowest BCUT2D eigenvalue weighted by Crippen LogP contribution is -2.30. The minimum absolute atomic E-state index is 0.695. The zero-order chi connectivity index (χ0) is 13.2. The molecule has 3 nitrogen and oxygen atoms in total. The molecule has 1 aliphatic rings. The molecule has 3 rings (SSSR count). The molecule has 0 bridgehead atoms. The van der Waals surface area contributed by atoms with Gasteiger partial charge >= 0.3 is 0 Å². The smallest absolute Gasteiger partial charge is 0.0991 e. The molecule has 1 aliphatic heterocycles. The summed E-state index contributed by atoms with van der Waals surface area (Å²) in [6, 6.07) is 16.0. The van der Waals surface area contributed by atoms with Gasteiger partial charge in [0.15, 0.2) is 0 Å². The lowest BCUT2D eigenvalue weighted by Gasteiger charge is -2.31. The number of nitriles is 1. The van der Waals surface area contributed by atoms with Gasteiger partial charge in [-0.15, -0.1) is 0 Å². The number of rotatable bonds is 1. The summed E-state index contributed by atoms with van der Waals surface area (Å²) in [5.41, 5.74) is 11.4. The topological polar surface area (TPSA) is 53.0 Å². The fraction of sp³-hybridized carbons (Fsp3) is 0.188. The zero-order valence-electron chi connectivity index (χ0n) is 10.6. The van der Waals surface area contributed by atoms with Gasteiger partial charge in [-0.05, 0) is 47.9 Å². The van der Waals surface area contributed by atoms with Gasteiger partial charge in [0.05, 0.1) is 11.6 Å². The normalized spacial score (nSPS) is 13.7.